The number of benzene rings is 1. The largest absolute Gasteiger partial charge is 0.511 e. The van der Waals surface area contributed by atoms with Gasteiger partial charge in [-0.25, -0.2) is 13.1 Å². The normalized spacial score (nSPS) is 19.8. The van der Waals surface area contributed by atoms with Gasteiger partial charge in [0.05, 0.1) is 11.1 Å². The molecule has 1 unspecified atom stereocenters. The first-order chi connectivity index (χ1) is 14.7. The van der Waals surface area contributed by atoms with Crippen molar-refractivity contribution in [2.24, 2.45) is 0 Å². The summed E-state index contributed by atoms with van der Waals surface area (Å²) in [4.78, 5) is 19.1. The van der Waals surface area contributed by atoms with Crippen LogP contribution in [0.5, 0.6) is 0 Å². The van der Waals surface area contributed by atoms with E-state index >= 15 is 0 Å². The molecule has 1 fully saturated rings. The van der Waals surface area contributed by atoms with Gasteiger partial charge < -0.3 is 4.90 Å². The van der Waals surface area contributed by atoms with Crippen molar-refractivity contribution in [3.8, 4) is 0 Å². The zero-order valence-corrected chi connectivity index (χ0v) is 17.5. The molecule has 1 aliphatic carbocycles. The molecule has 31 heavy (non-hydrogen) atoms. The van der Waals surface area contributed by atoms with Crippen LogP contribution >= 0.6 is 0 Å². The van der Waals surface area contributed by atoms with Gasteiger partial charge in [0.25, 0.3) is 5.91 Å². The quantitative estimate of drug-likeness (QED) is 0.746. The number of alkyl halides is 3. The molecule has 2 aliphatic rings. The first-order valence-electron chi connectivity index (χ1n) is 10.1. The van der Waals surface area contributed by atoms with Gasteiger partial charge in [-0.2, -0.15) is 13.2 Å². The zero-order chi connectivity index (χ0) is 22.2. The molecule has 10 heteroatoms. The number of nitrogens with zero attached hydrogens (tertiary/aromatic N) is 2. The number of likely N-dealkylation sites (tertiary alicyclic amines) is 1. The number of halogens is 3. The molecule has 2 heterocycles. The van der Waals surface area contributed by atoms with E-state index in [-0.39, 0.29) is 5.91 Å². The van der Waals surface area contributed by atoms with E-state index in [4.69, 9.17) is 0 Å². The van der Waals surface area contributed by atoms with Crippen molar-refractivity contribution in [2.45, 2.75) is 43.7 Å². The number of aromatic nitrogens is 1. The number of carbonyl (C=O) groups is 1. The molecule has 1 amide bonds. The summed E-state index contributed by atoms with van der Waals surface area (Å²) in [6, 6.07) is 6.73. The van der Waals surface area contributed by atoms with Crippen LogP contribution in [0.4, 0.5) is 13.2 Å². The molecule has 0 radical (unpaired) electrons. The van der Waals surface area contributed by atoms with Crippen molar-refractivity contribution in [3.63, 3.8) is 0 Å². The van der Waals surface area contributed by atoms with Crippen LogP contribution in [0.1, 0.15) is 48.0 Å². The van der Waals surface area contributed by atoms with Crippen LogP contribution in [-0.4, -0.2) is 48.8 Å². The number of nitrogens with one attached hydrogen (secondary N) is 1. The minimum atomic E-state index is -5.45. The molecule has 166 valence electrons. The lowest BCUT2D eigenvalue weighted by Crippen LogP contribution is -2.46. The number of rotatable bonds is 5. The third-order valence-corrected chi connectivity index (χ3v) is 6.99. The van der Waals surface area contributed by atoms with E-state index < -0.39 is 28.1 Å². The van der Waals surface area contributed by atoms with Gasteiger partial charge in [-0.1, -0.05) is 12.1 Å². The highest BCUT2D eigenvalue weighted by atomic mass is 32.2. The third-order valence-electron chi connectivity index (χ3n) is 5.84. The Labute approximate surface area is 178 Å². The highest BCUT2D eigenvalue weighted by molar-refractivity contribution is 7.90. The highest BCUT2D eigenvalue weighted by Gasteiger charge is 2.46. The molecule has 1 aliphatic heterocycles. The first kappa shape index (κ1) is 21.8. The highest BCUT2D eigenvalue weighted by Crippen LogP contribution is 2.31. The van der Waals surface area contributed by atoms with E-state index in [1.54, 1.807) is 10.8 Å². The lowest BCUT2D eigenvalue weighted by Gasteiger charge is -2.25. The Morgan fingerprint density at radius 2 is 2.03 bits per heavy atom. The van der Waals surface area contributed by atoms with E-state index in [0.29, 0.717) is 35.9 Å². The second-order valence-electron chi connectivity index (χ2n) is 7.80. The van der Waals surface area contributed by atoms with Gasteiger partial charge in [0.2, 0.25) is 0 Å². The number of hydrogen-bond donors (Lipinski definition) is 1. The van der Waals surface area contributed by atoms with E-state index in [1.165, 1.54) is 16.7 Å². The minimum Gasteiger partial charge on any atom is -0.334 e. The minimum absolute atomic E-state index is 0.335. The number of sulfonamides is 1. The molecule has 0 spiro atoms. The molecule has 0 bridgehead atoms. The maximum atomic E-state index is 13.3. The summed E-state index contributed by atoms with van der Waals surface area (Å²) in [6.07, 6.45) is 7.82. The molecule has 1 atom stereocenters. The van der Waals surface area contributed by atoms with Crippen LogP contribution in [0.25, 0.3) is 16.5 Å². The number of carbonyl (C=O) groups excluding carboxylic acids is 1. The van der Waals surface area contributed by atoms with Crippen molar-refractivity contribution in [1.29, 1.82) is 0 Å². The number of allylic oxidation sites excluding steroid dienone is 2. The van der Waals surface area contributed by atoms with Crippen molar-refractivity contribution in [2.75, 3.05) is 13.1 Å². The van der Waals surface area contributed by atoms with E-state index in [0.717, 1.165) is 24.8 Å². The maximum absolute atomic E-state index is 13.3. The Balaban J connectivity index is 1.60. The molecule has 1 N–H and O–H groups in total. The molecule has 0 saturated carbocycles. The lowest BCUT2D eigenvalue weighted by molar-refractivity contribution is -0.0448. The molecular weight excluding hydrogens is 431 g/mol. The van der Waals surface area contributed by atoms with Crippen molar-refractivity contribution < 1.29 is 26.4 Å². The Hall–Kier alpha value is -2.46. The van der Waals surface area contributed by atoms with E-state index in [2.05, 4.69) is 11.1 Å². The van der Waals surface area contributed by atoms with E-state index in [1.807, 2.05) is 18.2 Å². The van der Waals surface area contributed by atoms with Crippen molar-refractivity contribution in [3.05, 3.63) is 47.7 Å². The predicted octanol–water partition coefficient (Wildman–Crippen LogP) is 3.85. The van der Waals surface area contributed by atoms with Gasteiger partial charge in [0, 0.05) is 30.7 Å². The van der Waals surface area contributed by atoms with Gasteiger partial charge in [-0.3, -0.25) is 9.78 Å². The molecule has 1 aromatic carbocycles. The Kier molecular flexibility index (Phi) is 5.78. The van der Waals surface area contributed by atoms with Crippen LogP contribution in [-0.2, 0) is 10.0 Å². The molecule has 6 nitrogen and oxygen atoms in total. The smallest absolute Gasteiger partial charge is 0.334 e. The molecule has 1 aromatic heterocycles. The summed E-state index contributed by atoms with van der Waals surface area (Å²) in [5.41, 5.74) is -2.06. The standard InChI is InChI=1S/C21H22F3N3O3S/c22-21(23,24)31(29,30)26-13-16-6-3-11-27(16)20(28)17-9-10-25-19-8-7-15(12-18(17)19)14-4-1-2-5-14/h4,7-10,12,16,26H,1-3,5-6,11,13H2. The summed E-state index contributed by atoms with van der Waals surface area (Å²) in [5.74, 6) is -0.335. The molecule has 4 rings (SSSR count). The summed E-state index contributed by atoms with van der Waals surface area (Å²) in [6.45, 7) is -0.124. The fourth-order valence-corrected chi connectivity index (χ4v) is 4.80. The van der Waals surface area contributed by atoms with Gasteiger partial charge in [-0.05, 0) is 61.4 Å². The summed E-state index contributed by atoms with van der Waals surface area (Å²) < 4.78 is 62.2. The third kappa shape index (κ3) is 4.31. The molecule has 1 saturated heterocycles. The molecular formula is C21H22F3N3O3S. The van der Waals surface area contributed by atoms with Gasteiger partial charge in [-0.15, -0.1) is 0 Å². The monoisotopic (exact) mass is 453 g/mol. The van der Waals surface area contributed by atoms with Gasteiger partial charge >= 0.3 is 15.5 Å². The topological polar surface area (TPSA) is 79.4 Å². The second-order valence-corrected chi connectivity index (χ2v) is 9.56. The van der Waals surface area contributed by atoms with Gasteiger partial charge in [0.15, 0.2) is 0 Å². The number of amides is 1. The van der Waals surface area contributed by atoms with Crippen molar-refractivity contribution >= 4 is 32.4 Å². The summed E-state index contributed by atoms with van der Waals surface area (Å²) in [7, 11) is -5.45. The summed E-state index contributed by atoms with van der Waals surface area (Å²) in [5, 5.41) is 0.680. The lowest BCUT2D eigenvalue weighted by atomic mass is 10.00. The average Bonchev–Trinajstić information content (AvgIpc) is 3.42. The average molecular weight is 453 g/mol. The number of pyridine rings is 1. The summed E-state index contributed by atoms with van der Waals surface area (Å²) >= 11 is 0. The fraction of sp³-hybridized carbons (Fsp3) is 0.429. The molecule has 2 aromatic rings. The Morgan fingerprint density at radius 3 is 2.74 bits per heavy atom. The fourth-order valence-electron chi connectivity index (χ4n) is 4.22. The predicted molar refractivity (Wildman–Crippen MR) is 111 cm³/mol. The van der Waals surface area contributed by atoms with Crippen molar-refractivity contribution in [1.82, 2.24) is 14.6 Å². The van der Waals surface area contributed by atoms with Crippen LogP contribution in [0.15, 0.2) is 36.5 Å². The van der Waals surface area contributed by atoms with Crippen LogP contribution in [0.2, 0.25) is 0 Å². The zero-order valence-electron chi connectivity index (χ0n) is 16.7. The number of fused-ring (bicyclic) bond motifs is 1. The Morgan fingerprint density at radius 1 is 1.23 bits per heavy atom. The second kappa shape index (κ2) is 8.23. The van der Waals surface area contributed by atoms with Crippen LogP contribution < -0.4 is 4.72 Å². The maximum Gasteiger partial charge on any atom is 0.511 e. The van der Waals surface area contributed by atoms with E-state index in [9.17, 15) is 26.4 Å². The first-order valence-corrected chi connectivity index (χ1v) is 11.6. The number of hydrogen-bond acceptors (Lipinski definition) is 4. The van der Waals surface area contributed by atoms with Crippen LogP contribution in [0, 0.1) is 0 Å². The Bertz CT molecular complexity index is 1150. The SMILES string of the molecule is O=C(c1ccnc2ccc(C3=CCCC3)cc12)N1CCCC1CNS(=O)(=O)C(F)(F)F. The van der Waals surface area contributed by atoms with Gasteiger partial charge in [0.1, 0.15) is 0 Å². The van der Waals surface area contributed by atoms with Crippen LogP contribution in [0.3, 0.4) is 0 Å².